The molecule has 1 aromatic rings. The first-order chi connectivity index (χ1) is 8.14. The highest BCUT2D eigenvalue weighted by atomic mass is 35.5. The molecule has 0 aliphatic rings. The third-order valence-corrected chi connectivity index (χ3v) is 2.86. The second-order valence-corrected chi connectivity index (χ2v) is 4.71. The van der Waals surface area contributed by atoms with Crippen LogP contribution < -0.4 is 5.32 Å². The fourth-order valence-electron chi connectivity index (χ4n) is 1.19. The quantitative estimate of drug-likeness (QED) is 0.849. The van der Waals surface area contributed by atoms with E-state index in [0.717, 1.165) is 6.07 Å². The number of alkyl halides is 3. The molecule has 0 aliphatic heterocycles. The van der Waals surface area contributed by atoms with Crippen molar-refractivity contribution in [3.63, 3.8) is 0 Å². The smallest absolute Gasteiger partial charge is 0.325 e. The Morgan fingerprint density at radius 1 is 1.28 bits per heavy atom. The maximum absolute atomic E-state index is 12.7. The van der Waals surface area contributed by atoms with Crippen LogP contribution in [0.15, 0.2) is 12.1 Å². The van der Waals surface area contributed by atoms with Crippen molar-refractivity contribution in [3.8, 4) is 0 Å². The second-order valence-electron chi connectivity index (χ2n) is 3.93. The van der Waals surface area contributed by atoms with Crippen molar-refractivity contribution in [1.82, 2.24) is 0 Å². The van der Waals surface area contributed by atoms with Gasteiger partial charge in [0.15, 0.2) is 0 Å². The van der Waals surface area contributed by atoms with E-state index in [1.165, 1.54) is 6.07 Å². The Bertz CT molecular complexity index is 472. The molecule has 0 spiro atoms. The molecule has 1 aromatic carbocycles. The first-order valence-corrected chi connectivity index (χ1v) is 5.76. The van der Waals surface area contributed by atoms with Gasteiger partial charge in [0.2, 0.25) is 5.91 Å². The Hall–Kier alpha value is -0.940. The Labute approximate surface area is 112 Å². The lowest BCUT2D eigenvalue weighted by Crippen LogP contribution is -2.19. The standard InChI is InChI=1S/C11H10Cl2F3NO/c1-5(2)10(18)17-7-4-3-6(12)8(9(7)13)11(14,15)16/h3-5H,1-2H3,(H,17,18). The van der Waals surface area contributed by atoms with Gasteiger partial charge in [0, 0.05) is 5.92 Å². The summed E-state index contributed by atoms with van der Waals surface area (Å²) in [5, 5.41) is 1.21. The SMILES string of the molecule is CC(C)C(=O)Nc1ccc(Cl)c(C(F)(F)F)c1Cl. The molecule has 0 saturated heterocycles. The third-order valence-electron chi connectivity index (χ3n) is 2.16. The van der Waals surface area contributed by atoms with E-state index in [2.05, 4.69) is 5.32 Å². The van der Waals surface area contributed by atoms with Crippen molar-refractivity contribution < 1.29 is 18.0 Å². The van der Waals surface area contributed by atoms with Crippen molar-refractivity contribution in [2.24, 2.45) is 5.92 Å². The van der Waals surface area contributed by atoms with Crippen LogP contribution in [0.1, 0.15) is 19.4 Å². The van der Waals surface area contributed by atoms with Crippen LogP contribution in [-0.4, -0.2) is 5.91 Å². The summed E-state index contributed by atoms with van der Waals surface area (Å²) in [5.74, 6) is -0.793. The maximum atomic E-state index is 12.7. The predicted molar refractivity (Wildman–Crippen MR) is 64.9 cm³/mol. The topological polar surface area (TPSA) is 29.1 Å². The summed E-state index contributed by atoms with van der Waals surface area (Å²) >= 11 is 11.1. The summed E-state index contributed by atoms with van der Waals surface area (Å²) in [5.41, 5.74) is -1.25. The summed E-state index contributed by atoms with van der Waals surface area (Å²) in [6, 6.07) is 2.28. The molecular formula is C11H10Cl2F3NO. The molecule has 0 atom stereocenters. The van der Waals surface area contributed by atoms with E-state index < -0.39 is 27.7 Å². The van der Waals surface area contributed by atoms with E-state index in [-0.39, 0.29) is 11.6 Å². The molecule has 0 radical (unpaired) electrons. The van der Waals surface area contributed by atoms with Gasteiger partial charge in [-0.15, -0.1) is 0 Å². The number of hydrogen-bond acceptors (Lipinski definition) is 1. The van der Waals surface area contributed by atoms with Gasteiger partial charge in [-0.05, 0) is 12.1 Å². The van der Waals surface area contributed by atoms with Gasteiger partial charge in [-0.2, -0.15) is 13.2 Å². The Balaban J connectivity index is 3.22. The first kappa shape index (κ1) is 15.1. The average molecular weight is 300 g/mol. The van der Waals surface area contributed by atoms with Crippen molar-refractivity contribution >= 4 is 34.8 Å². The highest BCUT2D eigenvalue weighted by molar-refractivity contribution is 6.38. The molecule has 100 valence electrons. The number of hydrogen-bond donors (Lipinski definition) is 1. The van der Waals surface area contributed by atoms with Crippen LogP contribution in [0, 0.1) is 5.92 Å². The van der Waals surface area contributed by atoms with Crippen LogP contribution in [0.2, 0.25) is 10.0 Å². The highest BCUT2D eigenvalue weighted by Crippen LogP contribution is 2.42. The number of rotatable bonds is 2. The van der Waals surface area contributed by atoms with Crippen molar-refractivity contribution in [1.29, 1.82) is 0 Å². The molecule has 0 saturated carbocycles. The van der Waals surface area contributed by atoms with Gasteiger partial charge >= 0.3 is 6.18 Å². The van der Waals surface area contributed by atoms with E-state index >= 15 is 0 Å². The molecule has 0 fully saturated rings. The molecule has 2 nitrogen and oxygen atoms in total. The number of benzene rings is 1. The number of anilines is 1. The molecule has 0 aromatic heterocycles. The van der Waals surface area contributed by atoms with Gasteiger partial charge in [-0.25, -0.2) is 0 Å². The van der Waals surface area contributed by atoms with E-state index in [4.69, 9.17) is 23.2 Å². The molecule has 1 N–H and O–H groups in total. The first-order valence-electron chi connectivity index (χ1n) is 5.00. The van der Waals surface area contributed by atoms with Gasteiger partial charge in [0.25, 0.3) is 0 Å². The number of halogens is 5. The lowest BCUT2D eigenvalue weighted by Gasteiger charge is -2.15. The lowest BCUT2D eigenvalue weighted by molar-refractivity contribution is -0.137. The largest absolute Gasteiger partial charge is 0.419 e. The van der Waals surface area contributed by atoms with Crippen LogP contribution in [0.3, 0.4) is 0 Å². The molecular weight excluding hydrogens is 290 g/mol. The van der Waals surface area contributed by atoms with Crippen molar-refractivity contribution in [2.75, 3.05) is 5.32 Å². The summed E-state index contributed by atoms with van der Waals surface area (Å²) in [4.78, 5) is 11.4. The normalized spacial score (nSPS) is 11.8. The van der Waals surface area contributed by atoms with Crippen LogP contribution in [0.5, 0.6) is 0 Å². The van der Waals surface area contributed by atoms with Gasteiger partial charge in [-0.3, -0.25) is 4.79 Å². The highest BCUT2D eigenvalue weighted by Gasteiger charge is 2.37. The number of carbonyl (C=O) groups excluding carboxylic acids is 1. The van der Waals surface area contributed by atoms with Crippen LogP contribution in [-0.2, 0) is 11.0 Å². The van der Waals surface area contributed by atoms with Gasteiger partial charge in [-0.1, -0.05) is 37.0 Å². The molecule has 0 aliphatic carbocycles. The molecule has 7 heteroatoms. The van der Waals surface area contributed by atoms with Gasteiger partial charge < -0.3 is 5.32 Å². The lowest BCUT2D eigenvalue weighted by atomic mass is 10.1. The summed E-state index contributed by atoms with van der Waals surface area (Å²) in [7, 11) is 0. The van der Waals surface area contributed by atoms with Crippen LogP contribution >= 0.6 is 23.2 Å². The minimum atomic E-state index is -4.67. The van der Waals surface area contributed by atoms with E-state index in [0.29, 0.717) is 0 Å². The van der Waals surface area contributed by atoms with E-state index in [9.17, 15) is 18.0 Å². The fourth-order valence-corrected chi connectivity index (χ4v) is 1.82. The Morgan fingerprint density at radius 2 is 1.83 bits per heavy atom. The maximum Gasteiger partial charge on any atom is 0.419 e. The minimum absolute atomic E-state index is 0.105. The number of amides is 1. The van der Waals surface area contributed by atoms with E-state index in [1.54, 1.807) is 13.8 Å². The fraction of sp³-hybridized carbons (Fsp3) is 0.364. The Morgan fingerprint density at radius 3 is 2.28 bits per heavy atom. The van der Waals surface area contributed by atoms with Crippen LogP contribution in [0.4, 0.5) is 18.9 Å². The molecule has 1 rings (SSSR count). The van der Waals surface area contributed by atoms with Crippen molar-refractivity contribution in [3.05, 3.63) is 27.7 Å². The molecule has 18 heavy (non-hydrogen) atoms. The molecule has 0 bridgehead atoms. The summed E-state index contributed by atoms with van der Waals surface area (Å²) in [6.45, 7) is 3.23. The molecule has 0 unspecified atom stereocenters. The van der Waals surface area contributed by atoms with Gasteiger partial charge in [0.1, 0.15) is 0 Å². The summed E-state index contributed by atoms with van der Waals surface area (Å²) < 4.78 is 38.1. The zero-order chi connectivity index (χ0) is 14.1. The number of carbonyl (C=O) groups is 1. The minimum Gasteiger partial charge on any atom is -0.325 e. The molecule has 1 amide bonds. The Kier molecular flexibility index (Phi) is 4.50. The van der Waals surface area contributed by atoms with Gasteiger partial charge in [0.05, 0.1) is 21.3 Å². The average Bonchev–Trinajstić information content (AvgIpc) is 2.20. The monoisotopic (exact) mass is 299 g/mol. The molecule has 0 heterocycles. The van der Waals surface area contributed by atoms with Crippen molar-refractivity contribution in [2.45, 2.75) is 20.0 Å². The zero-order valence-electron chi connectivity index (χ0n) is 9.53. The number of nitrogens with one attached hydrogen (secondary N) is 1. The van der Waals surface area contributed by atoms with Crippen LogP contribution in [0.25, 0.3) is 0 Å². The summed E-state index contributed by atoms with van der Waals surface area (Å²) in [6.07, 6.45) is -4.67. The van der Waals surface area contributed by atoms with E-state index in [1.807, 2.05) is 0 Å². The predicted octanol–water partition coefficient (Wildman–Crippen LogP) is 4.61. The zero-order valence-corrected chi connectivity index (χ0v) is 11.0. The second kappa shape index (κ2) is 5.36. The third kappa shape index (κ3) is 3.29.